The van der Waals surface area contributed by atoms with Gasteiger partial charge in [0.25, 0.3) is 0 Å². The Labute approximate surface area is 119 Å². The van der Waals surface area contributed by atoms with E-state index in [4.69, 9.17) is 0 Å². The monoisotopic (exact) mass is 271 g/mol. The average Bonchev–Trinajstić information content (AvgIpc) is 2.92. The molecule has 0 fully saturated rings. The molecule has 1 unspecified atom stereocenters. The summed E-state index contributed by atoms with van der Waals surface area (Å²) in [7, 11) is 0. The molecule has 0 saturated carbocycles. The van der Waals surface area contributed by atoms with Crippen LogP contribution in [0.25, 0.3) is 0 Å². The van der Waals surface area contributed by atoms with Gasteiger partial charge in [0.1, 0.15) is 11.9 Å². The summed E-state index contributed by atoms with van der Waals surface area (Å²) in [6.45, 7) is 6.08. The van der Waals surface area contributed by atoms with Gasteiger partial charge in [-0.1, -0.05) is 51.1 Å². The van der Waals surface area contributed by atoms with Crippen LogP contribution in [0.1, 0.15) is 55.2 Å². The van der Waals surface area contributed by atoms with Crippen LogP contribution in [-0.2, 0) is 12.8 Å². The molecule has 0 N–H and O–H groups in total. The molecule has 4 nitrogen and oxygen atoms in total. The van der Waals surface area contributed by atoms with Crippen molar-refractivity contribution in [1.82, 2.24) is 14.8 Å². The largest absolute Gasteiger partial charge is 0.292 e. The van der Waals surface area contributed by atoms with Gasteiger partial charge in [0.05, 0.1) is 0 Å². The van der Waals surface area contributed by atoms with E-state index >= 15 is 0 Å². The van der Waals surface area contributed by atoms with E-state index in [1.54, 1.807) is 0 Å². The van der Waals surface area contributed by atoms with Crippen molar-refractivity contribution >= 4 is 5.78 Å². The molecule has 0 aliphatic carbocycles. The maximum Gasteiger partial charge on any atom is 0.187 e. The normalized spacial score (nSPS) is 12.3. The maximum absolute atomic E-state index is 12.7. The van der Waals surface area contributed by atoms with Gasteiger partial charge >= 0.3 is 0 Å². The zero-order valence-corrected chi connectivity index (χ0v) is 12.3. The lowest BCUT2D eigenvalue weighted by molar-refractivity contribution is 0.0912. The van der Waals surface area contributed by atoms with E-state index in [9.17, 15) is 4.79 Å². The smallest absolute Gasteiger partial charge is 0.187 e. The molecule has 1 atom stereocenters. The van der Waals surface area contributed by atoms with E-state index in [0.717, 1.165) is 30.1 Å². The highest BCUT2D eigenvalue weighted by molar-refractivity contribution is 5.98. The summed E-state index contributed by atoms with van der Waals surface area (Å²) in [5.74, 6) is 1.80. The van der Waals surface area contributed by atoms with Gasteiger partial charge in [-0.15, -0.1) is 0 Å². The molecule has 0 aliphatic rings. The average molecular weight is 271 g/mol. The fourth-order valence-electron chi connectivity index (χ4n) is 2.31. The number of rotatable bonds is 6. The minimum atomic E-state index is -0.264. The van der Waals surface area contributed by atoms with E-state index in [1.807, 2.05) is 55.8 Å². The van der Waals surface area contributed by atoms with Gasteiger partial charge in [-0.3, -0.25) is 4.79 Å². The van der Waals surface area contributed by atoms with Crippen molar-refractivity contribution in [3.63, 3.8) is 0 Å². The quantitative estimate of drug-likeness (QED) is 0.758. The van der Waals surface area contributed by atoms with Crippen molar-refractivity contribution in [3.05, 3.63) is 47.5 Å². The van der Waals surface area contributed by atoms with E-state index < -0.39 is 0 Å². The van der Waals surface area contributed by atoms with Gasteiger partial charge in [0, 0.05) is 18.4 Å². The number of carbonyl (C=O) groups is 1. The first kappa shape index (κ1) is 14.4. The number of carbonyl (C=O) groups excluding carboxylic acids is 1. The predicted octanol–water partition coefficient (Wildman–Crippen LogP) is 3.24. The first-order valence-electron chi connectivity index (χ1n) is 7.24. The Hall–Kier alpha value is -1.97. The fraction of sp³-hybridized carbons (Fsp3) is 0.438. The first-order valence-corrected chi connectivity index (χ1v) is 7.24. The number of nitrogens with zero attached hydrogens (tertiary/aromatic N) is 3. The predicted molar refractivity (Wildman–Crippen MR) is 78.9 cm³/mol. The van der Waals surface area contributed by atoms with Crippen LogP contribution in [-0.4, -0.2) is 20.5 Å². The summed E-state index contributed by atoms with van der Waals surface area (Å²) >= 11 is 0. The first-order chi connectivity index (χ1) is 9.71. The lowest BCUT2D eigenvalue weighted by atomic mass is 10.0. The summed E-state index contributed by atoms with van der Waals surface area (Å²) in [5, 5.41) is 4.50. The Bertz CT molecular complexity index is 575. The standard InChI is InChI=1S/C16H21N3O/c1-4-13(16(20)12-10-8-7-9-11-12)19-15(6-3)17-14(5-2)18-19/h7-11,13H,4-6H2,1-3H3. The van der Waals surface area contributed by atoms with Crippen LogP contribution in [0, 0.1) is 0 Å². The molecule has 1 heterocycles. The molecule has 0 saturated heterocycles. The van der Waals surface area contributed by atoms with Gasteiger partial charge in [-0.2, -0.15) is 5.10 Å². The lowest BCUT2D eigenvalue weighted by Crippen LogP contribution is -2.22. The second-order valence-electron chi connectivity index (χ2n) is 4.75. The Morgan fingerprint density at radius 3 is 2.40 bits per heavy atom. The second kappa shape index (κ2) is 6.46. The van der Waals surface area contributed by atoms with Crippen LogP contribution in [0.3, 0.4) is 0 Å². The minimum Gasteiger partial charge on any atom is -0.292 e. The van der Waals surface area contributed by atoms with Crippen LogP contribution in [0.5, 0.6) is 0 Å². The maximum atomic E-state index is 12.7. The van der Waals surface area contributed by atoms with Gasteiger partial charge in [0.15, 0.2) is 11.6 Å². The van der Waals surface area contributed by atoms with Crippen molar-refractivity contribution in [2.45, 2.75) is 46.1 Å². The molecule has 1 aromatic carbocycles. The van der Waals surface area contributed by atoms with Crippen LogP contribution in [0.15, 0.2) is 30.3 Å². The molecule has 0 aliphatic heterocycles. The van der Waals surface area contributed by atoms with Crippen molar-refractivity contribution in [2.75, 3.05) is 0 Å². The number of aromatic nitrogens is 3. The van der Waals surface area contributed by atoms with Crippen LogP contribution in [0.2, 0.25) is 0 Å². The molecule has 0 radical (unpaired) electrons. The Balaban J connectivity index is 2.37. The second-order valence-corrected chi connectivity index (χ2v) is 4.75. The van der Waals surface area contributed by atoms with E-state index in [2.05, 4.69) is 10.1 Å². The Morgan fingerprint density at radius 1 is 1.15 bits per heavy atom. The van der Waals surface area contributed by atoms with Crippen molar-refractivity contribution in [2.24, 2.45) is 0 Å². The molecule has 0 spiro atoms. The van der Waals surface area contributed by atoms with Crippen molar-refractivity contribution in [1.29, 1.82) is 0 Å². The van der Waals surface area contributed by atoms with E-state index in [0.29, 0.717) is 6.42 Å². The molecule has 1 aromatic heterocycles. The lowest BCUT2D eigenvalue weighted by Gasteiger charge is -2.16. The highest BCUT2D eigenvalue weighted by Crippen LogP contribution is 2.19. The number of hydrogen-bond acceptors (Lipinski definition) is 3. The van der Waals surface area contributed by atoms with Gasteiger partial charge < -0.3 is 0 Å². The summed E-state index contributed by atoms with van der Waals surface area (Å²) in [6.07, 6.45) is 2.29. The molecular formula is C16H21N3O. The highest BCUT2D eigenvalue weighted by Gasteiger charge is 2.23. The molecular weight excluding hydrogens is 250 g/mol. The van der Waals surface area contributed by atoms with Crippen LogP contribution in [0.4, 0.5) is 0 Å². The summed E-state index contributed by atoms with van der Waals surface area (Å²) < 4.78 is 1.81. The minimum absolute atomic E-state index is 0.107. The molecule has 4 heteroatoms. The van der Waals surface area contributed by atoms with Gasteiger partial charge in [-0.25, -0.2) is 9.67 Å². The molecule has 0 amide bonds. The number of ketones is 1. The SMILES string of the molecule is CCc1nc(CC)n(C(CC)C(=O)c2ccccc2)n1. The molecule has 2 aromatic rings. The third kappa shape index (κ3) is 2.79. The zero-order valence-electron chi connectivity index (χ0n) is 12.3. The van der Waals surface area contributed by atoms with Crippen molar-refractivity contribution < 1.29 is 4.79 Å². The van der Waals surface area contributed by atoms with Gasteiger partial charge in [0.2, 0.25) is 0 Å². The van der Waals surface area contributed by atoms with Crippen LogP contribution >= 0.6 is 0 Å². The fourth-order valence-corrected chi connectivity index (χ4v) is 2.31. The van der Waals surface area contributed by atoms with Crippen molar-refractivity contribution in [3.8, 4) is 0 Å². The number of benzene rings is 1. The summed E-state index contributed by atoms with van der Waals surface area (Å²) in [6, 6.07) is 9.14. The van der Waals surface area contributed by atoms with Gasteiger partial charge in [-0.05, 0) is 6.42 Å². The Kier molecular flexibility index (Phi) is 4.66. The molecule has 0 bridgehead atoms. The summed E-state index contributed by atoms with van der Waals surface area (Å²) in [5.41, 5.74) is 0.731. The van der Waals surface area contributed by atoms with E-state index in [-0.39, 0.29) is 11.8 Å². The summed E-state index contributed by atoms with van der Waals surface area (Å²) in [4.78, 5) is 17.1. The number of Topliss-reactive ketones (excluding diaryl/α,β-unsaturated/α-hetero) is 1. The molecule has 20 heavy (non-hydrogen) atoms. The number of aryl methyl sites for hydroxylation is 2. The zero-order chi connectivity index (χ0) is 14.5. The molecule has 2 rings (SSSR count). The Morgan fingerprint density at radius 2 is 1.85 bits per heavy atom. The highest BCUT2D eigenvalue weighted by atomic mass is 16.1. The number of hydrogen-bond donors (Lipinski definition) is 0. The van der Waals surface area contributed by atoms with E-state index in [1.165, 1.54) is 0 Å². The van der Waals surface area contributed by atoms with Crippen LogP contribution < -0.4 is 0 Å². The third-order valence-electron chi connectivity index (χ3n) is 3.42. The third-order valence-corrected chi connectivity index (χ3v) is 3.42. The topological polar surface area (TPSA) is 47.8 Å². The molecule has 106 valence electrons.